The van der Waals surface area contributed by atoms with E-state index in [0.717, 1.165) is 10.5 Å². The molecule has 0 spiro atoms. The first-order valence-electron chi connectivity index (χ1n) is 8.32. The van der Waals surface area contributed by atoms with Gasteiger partial charge in [-0.2, -0.15) is 0 Å². The van der Waals surface area contributed by atoms with Crippen molar-refractivity contribution in [2.45, 2.75) is 24.9 Å². The van der Waals surface area contributed by atoms with Gasteiger partial charge in [0.05, 0.1) is 11.7 Å². The Balaban J connectivity index is 1.97. The third-order valence-electron chi connectivity index (χ3n) is 3.90. The number of nitrogens with one attached hydrogen (secondary N) is 2. The Kier molecular flexibility index (Phi) is 6.79. The lowest BCUT2D eigenvalue weighted by molar-refractivity contribution is -0.132. The molecule has 28 heavy (non-hydrogen) atoms. The first-order chi connectivity index (χ1) is 13.3. The number of carbonyl (C=O) groups excluding carboxylic acids is 5. The minimum absolute atomic E-state index is 0.0788. The van der Waals surface area contributed by atoms with Crippen molar-refractivity contribution in [1.29, 1.82) is 0 Å². The maximum atomic E-state index is 12.4. The van der Waals surface area contributed by atoms with E-state index < -0.39 is 36.5 Å². The Bertz CT molecular complexity index is 803. The fraction of sp³-hybridized carbons (Fsp3) is 0.294. The van der Waals surface area contributed by atoms with Crippen molar-refractivity contribution < 1.29 is 24.0 Å². The zero-order valence-electron chi connectivity index (χ0n) is 14.8. The molecule has 1 fully saturated rings. The number of aliphatic imine (C=N–C) groups is 1. The zero-order chi connectivity index (χ0) is 20.7. The molecule has 11 heteroatoms. The molecule has 1 aliphatic rings. The van der Waals surface area contributed by atoms with Gasteiger partial charge < -0.3 is 31.7 Å². The number of hydrogen-bond donors (Lipinski definition) is 4. The molecule has 0 radical (unpaired) electrons. The number of amides is 4. The maximum absolute atomic E-state index is 12.4. The van der Waals surface area contributed by atoms with Crippen LogP contribution in [-0.2, 0) is 25.6 Å². The zero-order valence-corrected chi connectivity index (χ0v) is 14.8. The standard InChI is InChI=1S/C17H20N6O5/c18-16(19)21-11-3-1-10(2-4-11)7-13-15(27)23(17(28)22-13)8-14(26)20-12(9-25)5-6-24/h1-4,6,9,12-13H,5,7-8H2,(H,20,26)(H,22,28)(H4,18,19,21)/t12-,13?/m0/s1. The van der Waals surface area contributed by atoms with Crippen molar-refractivity contribution in [1.82, 2.24) is 15.5 Å². The van der Waals surface area contributed by atoms with Crippen LogP contribution in [0.5, 0.6) is 0 Å². The Labute approximate surface area is 160 Å². The molecule has 6 N–H and O–H groups in total. The molecule has 0 bridgehead atoms. The van der Waals surface area contributed by atoms with E-state index in [1.807, 2.05) is 0 Å². The van der Waals surface area contributed by atoms with Gasteiger partial charge in [0.15, 0.2) is 5.96 Å². The Morgan fingerprint density at radius 3 is 2.50 bits per heavy atom. The van der Waals surface area contributed by atoms with Crippen LogP contribution in [0.3, 0.4) is 0 Å². The third kappa shape index (κ3) is 5.37. The lowest BCUT2D eigenvalue weighted by Gasteiger charge is -2.15. The fourth-order valence-corrected chi connectivity index (χ4v) is 2.60. The predicted octanol–water partition coefficient (Wildman–Crippen LogP) is -1.67. The van der Waals surface area contributed by atoms with Crippen LogP contribution < -0.4 is 22.1 Å². The first kappa shape index (κ1) is 20.6. The van der Waals surface area contributed by atoms with Gasteiger partial charge in [0.1, 0.15) is 25.2 Å². The normalized spacial score (nSPS) is 16.9. The van der Waals surface area contributed by atoms with Crippen molar-refractivity contribution in [3.63, 3.8) is 0 Å². The van der Waals surface area contributed by atoms with E-state index in [2.05, 4.69) is 15.6 Å². The highest BCUT2D eigenvalue weighted by atomic mass is 16.2. The van der Waals surface area contributed by atoms with Gasteiger partial charge in [-0.05, 0) is 17.7 Å². The summed E-state index contributed by atoms with van der Waals surface area (Å²) < 4.78 is 0. The van der Waals surface area contributed by atoms with Crippen molar-refractivity contribution in [3.8, 4) is 0 Å². The average molecular weight is 388 g/mol. The molecule has 11 nitrogen and oxygen atoms in total. The lowest BCUT2D eigenvalue weighted by Crippen LogP contribution is -2.45. The number of nitrogens with two attached hydrogens (primary N) is 2. The van der Waals surface area contributed by atoms with Crippen molar-refractivity contribution in [2.24, 2.45) is 16.5 Å². The van der Waals surface area contributed by atoms with Crippen molar-refractivity contribution >= 4 is 42.1 Å². The molecule has 2 atom stereocenters. The van der Waals surface area contributed by atoms with Crippen molar-refractivity contribution in [2.75, 3.05) is 6.54 Å². The van der Waals surface area contributed by atoms with Gasteiger partial charge in [-0.1, -0.05) is 12.1 Å². The summed E-state index contributed by atoms with van der Waals surface area (Å²) >= 11 is 0. The molecule has 0 aliphatic carbocycles. The molecule has 2 rings (SSSR count). The topological polar surface area (TPSA) is 177 Å². The molecule has 0 aromatic heterocycles. The van der Waals surface area contributed by atoms with Crippen LogP contribution in [-0.4, -0.2) is 59.9 Å². The van der Waals surface area contributed by atoms with Crippen LogP contribution in [0.1, 0.15) is 12.0 Å². The summed E-state index contributed by atoms with van der Waals surface area (Å²) in [6.07, 6.45) is 0.926. The van der Waals surface area contributed by atoms with E-state index in [9.17, 15) is 24.0 Å². The molecule has 148 valence electrons. The number of imide groups is 1. The monoisotopic (exact) mass is 388 g/mol. The molecule has 1 heterocycles. The summed E-state index contributed by atoms with van der Waals surface area (Å²) in [4.78, 5) is 62.2. The molecule has 4 amide bonds. The van der Waals surface area contributed by atoms with E-state index in [1.54, 1.807) is 24.3 Å². The summed E-state index contributed by atoms with van der Waals surface area (Å²) in [7, 11) is 0. The summed E-state index contributed by atoms with van der Waals surface area (Å²) in [5.41, 5.74) is 11.9. The SMILES string of the molecule is NC(N)=Nc1ccc(CC2NC(=O)N(CC(=O)N[C@H](C=O)CC=O)C2=O)cc1. The predicted molar refractivity (Wildman–Crippen MR) is 98.3 cm³/mol. The Morgan fingerprint density at radius 1 is 1.25 bits per heavy atom. The summed E-state index contributed by atoms with van der Waals surface area (Å²) in [5, 5.41) is 4.79. The van der Waals surface area contributed by atoms with Crippen LogP contribution in [0, 0.1) is 0 Å². The van der Waals surface area contributed by atoms with Gasteiger partial charge in [0.2, 0.25) is 5.91 Å². The highest BCUT2D eigenvalue weighted by molar-refractivity contribution is 6.06. The summed E-state index contributed by atoms with van der Waals surface area (Å²) in [5.74, 6) is -1.36. The van der Waals surface area contributed by atoms with Crippen LogP contribution >= 0.6 is 0 Å². The molecular weight excluding hydrogens is 368 g/mol. The summed E-state index contributed by atoms with van der Waals surface area (Å²) in [6, 6.07) is 4.22. The van der Waals surface area contributed by atoms with E-state index in [-0.39, 0.29) is 18.8 Å². The molecule has 1 aromatic carbocycles. The molecule has 1 aliphatic heterocycles. The van der Waals surface area contributed by atoms with E-state index in [0.29, 0.717) is 18.3 Å². The molecular formula is C17H20N6O5. The molecule has 1 unspecified atom stereocenters. The van der Waals surface area contributed by atoms with Gasteiger partial charge in [0.25, 0.3) is 5.91 Å². The van der Waals surface area contributed by atoms with Gasteiger partial charge in [0, 0.05) is 12.8 Å². The number of hydrogen-bond acceptors (Lipinski definition) is 6. The van der Waals surface area contributed by atoms with Gasteiger partial charge in [-0.15, -0.1) is 0 Å². The second kappa shape index (κ2) is 9.26. The maximum Gasteiger partial charge on any atom is 0.325 e. The third-order valence-corrected chi connectivity index (χ3v) is 3.90. The van der Waals surface area contributed by atoms with Crippen molar-refractivity contribution in [3.05, 3.63) is 29.8 Å². The highest BCUT2D eigenvalue weighted by Crippen LogP contribution is 2.16. The van der Waals surface area contributed by atoms with Crippen LogP contribution in [0.4, 0.5) is 10.5 Å². The fourth-order valence-electron chi connectivity index (χ4n) is 2.60. The van der Waals surface area contributed by atoms with E-state index >= 15 is 0 Å². The van der Waals surface area contributed by atoms with Crippen LogP contribution in [0.25, 0.3) is 0 Å². The second-order valence-electron chi connectivity index (χ2n) is 6.05. The first-order valence-corrected chi connectivity index (χ1v) is 8.32. The number of aldehydes is 2. The number of carbonyl (C=O) groups is 5. The Morgan fingerprint density at radius 2 is 1.93 bits per heavy atom. The highest BCUT2D eigenvalue weighted by Gasteiger charge is 2.39. The van der Waals surface area contributed by atoms with Gasteiger partial charge >= 0.3 is 6.03 Å². The number of rotatable bonds is 9. The minimum Gasteiger partial charge on any atom is -0.370 e. The quantitative estimate of drug-likeness (QED) is 0.169. The minimum atomic E-state index is -0.995. The number of guanidine groups is 1. The lowest BCUT2D eigenvalue weighted by atomic mass is 10.1. The van der Waals surface area contributed by atoms with Crippen LogP contribution in [0.2, 0.25) is 0 Å². The number of urea groups is 1. The van der Waals surface area contributed by atoms with E-state index in [1.165, 1.54) is 0 Å². The largest absolute Gasteiger partial charge is 0.370 e. The number of benzene rings is 1. The Hall–Kier alpha value is -3.76. The summed E-state index contributed by atoms with van der Waals surface area (Å²) in [6.45, 7) is -0.548. The average Bonchev–Trinajstić information content (AvgIpc) is 2.90. The van der Waals surface area contributed by atoms with Crippen LogP contribution in [0.15, 0.2) is 29.3 Å². The molecule has 1 saturated heterocycles. The smallest absolute Gasteiger partial charge is 0.325 e. The molecule has 1 aromatic rings. The van der Waals surface area contributed by atoms with E-state index in [4.69, 9.17) is 11.5 Å². The van der Waals surface area contributed by atoms with Gasteiger partial charge in [-0.25, -0.2) is 9.79 Å². The second-order valence-corrected chi connectivity index (χ2v) is 6.05. The number of nitrogens with zero attached hydrogens (tertiary/aromatic N) is 2. The molecule has 0 saturated carbocycles. The van der Waals surface area contributed by atoms with Gasteiger partial charge in [-0.3, -0.25) is 14.5 Å².